The van der Waals surface area contributed by atoms with Gasteiger partial charge in [-0.25, -0.2) is 0 Å². The summed E-state index contributed by atoms with van der Waals surface area (Å²) in [5.74, 6) is 0.311. The highest BCUT2D eigenvalue weighted by Crippen LogP contribution is 2.16. The van der Waals surface area contributed by atoms with Crippen molar-refractivity contribution in [3.63, 3.8) is 0 Å². The molecule has 0 aromatic heterocycles. The van der Waals surface area contributed by atoms with Crippen molar-refractivity contribution in [2.45, 2.75) is 45.4 Å². The van der Waals surface area contributed by atoms with Gasteiger partial charge in [0, 0.05) is 6.54 Å². The van der Waals surface area contributed by atoms with Crippen molar-refractivity contribution in [2.75, 3.05) is 13.2 Å². The van der Waals surface area contributed by atoms with Crippen LogP contribution in [-0.4, -0.2) is 19.1 Å². The molecule has 114 valence electrons. The van der Waals surface area contributed by atoms with Crippen LogP contribution >= 0.6 is 0 Å². The van der Waals surface area contributed by atoms with Crippen molar-refractivity contribution >= 4 is 5.91 Å². The Morgan fingerprint density at radius 1 is 1.19 bits per heavy atom. The van der Waals surface area contributed by atoms with Crippen LogP contribution in [0, 0.1) is 11.3 Å². The van der Waals surface area contributed by atoms with Crippen molar-refractivity contribution in [3.05, 3.63) is 29.8 Å². The topological polar surface area (TPSA) is 62.1 Å². The monoisotopic (exact) mass is 288 g/mol. The van der Waals surface area contributed by atoms with Gasteiger partial charge in [-0.15, -0.1) is 0 Å². The van der Waals surface area contributed by atoms with Crippen LogP contribution in [0.15, 0.2) is 24.3 Å². The summed E-state index contributed by atoms with van der Waals surface area (Å²) in [5.41, 5.74) is 0.446. The molecule has 21 heavy (non-hydrogen) atoms. The van der Waals surface area contributed by atoms with Crippen LogP contribution < -0.4 is 10.1 Å². The fraction of sp³-hybridized carbons (Fsp3) is 0.529. The van der Waals surface area contributed by atoms with Crippen LogP contribution in [0.25, 0.3) is 0 Å². The summed E-state index contributed by atoms with van der Waals surface area (Å²) in [6, 6.07) is 8.95. The molecule has 1 N–H and O–H groups in total. The van der Waals surface area contributed by atoms with E-state index in [0.717, 1.165) is 12.8 Å². The zero-order valence-corrected chi connectivity index (χ0v) is 12.7. The van der Waals surface area contributed by atoms with E-state index in [1.54, 1.807) is 24.3 Å². The van der Waals surface area contributed by atoms with Gasteiger partial charge in [-0.2, -0.15) is 5.26 Å². The zero-order chi connectivity index (χ0) is 15.3. The van der Waals surface area contributed by atoms with Gasteiger partial charge < -0.3 is 10.1 Å². The number of nitriles is 1. The van der Waals surface area contributed by atoms with Crippen LogP contribution in [0.1, 0.15) is 51.0 Å². The molecule has 0 bridgehead atoms. The molecule has 0 unspecified atom stereocenters. The van der Waals surface area contributed by atoms with Gasteiger partial charge in [0.15, 0.2) is 6.61 Å². The molecule has 1 amide bonds. The third-order valence-corrected chi connectivity index (χ3v) is 3.22. The molecule has 1 aromatic rings. The van der Waals surface area contributed by atoms with Crippen LogP contribution in [0.3, 0.4) is 0 Å². The Kier molecular flexibility index (Phi) is 8.70. The molecule has 1 rings (SSSR count). The lowest BCUT2D eigenvalue weighted by atomic mass is 10.1. The number of unbranched alkanes of at least 4 members (excludes halogenated alkanes) is 5. The average molecular weight is 288 g/mol. The van der Waals surface area contributed by atoms with E-state index in [9.17, 15) is 4.79 Å². The smallest absolute Gasteiger partial charge is 0.257 e. The number of hydrogen-bond acceptors (Lipinski definition) is 3. The summed E-state index contributed by atoms with van der Waals surface area (Å²) in [5, 5.41) is 11.7. The third kappa shape index (κ3) is 7.36. The maximum absolute atomic E-state index is 11.6. The van der Waals surface area contributed by atoms with E-state index in [1.807, 2.05) is 6.07 Å². The quantitative estimate of drug-likeness (QED) is 0.671. The lowest BCUT2D eigenvalue weighted by Gasteiger charge is -2.08. The lowest BCUT2D eigenvalue weighted by Crippen LogP contribution is -2.29. The van der Waals surface area contributed by atoms with Crippen LogP contribution in [0.4, 0.5) is 0 Å². The first-order chi connectivity index (χ1) is 10.3. The Morgan fingerprint density at radius 2 is 1.90 bits per heavy atom. The minimum absolute atomic E-state index is 0.0471. The third-order valence-electron chi connectivity index (χ3n) is 3.22. The molecular formula is C17H24N2O2. The van der Waals surface area contributed by atoms with Crippen LogP contribution in [0.5, 0.6) is 5.75 Å². The SMILES string of the molecule is CCCCCCCCNC(=O)COc1ccccc1C#N. The molecule has 0 aliphatic heterocycles. The van der Waals surface area contributed by atoms with Gasteiger partial charge in [0.05, 0.1) is 5.56 Å². The molecule has 0 spiro atoms. The molecule has 1 aromatic carbocycles. The predicted molar refractivity (Wildman–Crippen MR) is 83.0 cm³/mol. The fourth-order valence-corrected chi connectivity index (χ4v) is 2.01. The molecular weight excluding hydrogens is 264 g/mol. The lowest BCUT2D eigenvalue weighted by molar-refractivity contribution is -0.123. The van der Waals surface area contributed by atoms with Gasteiger partial charge in [-0.1, -0.05) is 51.2 Å². The van der Waals surface area contributed by atoms with Crippen LogP contribution in [-0.2, 0) is 4.79 Å². The number of para-hydroxylation sites is 1. The zero-order valence-electron chi connectivity index (χ0n) is 12.7. The van der Waals surface area contributed by atoms with E-state index < -0.39 is 0 Å². The second-order valence-corrected chi connectivity index (χ2v) is 5.01. The first-order valence-corrected chi connectivity index (χ1v) is 7.66. The number of carbonyl (C=O) groups excluding carboxylic acids is 1. The number of carbonyl (C=O) groups is 1. The maximum atomic E-state index is 11.6. The highest BCUT2D eigenvalue weighted by molar-refractivity contribution is 5.77. The van der Waals surface area contributed by atoms with Gasteiger partial charge in [0.2, 0.25) is 0 Å². The number of ether oxygens (including phenoxy) is 1. The first-order valence-electron chi connectivity index (χ1n) is 7.66. The summed E-state index contributed by atoms with van der Waals surface area (Å²) in [7, 11) is 0. The number of amides is 1. The Labute approximate surface area is 127 Å². The predicted octanol–water partition coefficient (Wildman–Crippen LogP) is 3.41. The molecule has 0 atom stereocenters. The molecule has 0 heterocycles. The Bertz CT molecular complexity index is 466. The van der Waals surface area contributed by atoms with Crippen molar-refractivity contribution in [3.8, 4) is 11.8 Å². The standard InChI is InChI=1S/C17H24N2O2/c1-2-3-4-5-6-9-12-19-17(20)14-21-16-11-8-7-10-15(16)13-18/h7-8,10-11H,2-6,9,12,14H2,1H3,(H,19,20). The van der Waals surface area contributed by atoms with Crippen molar-refractivity contribution < 1.29 is 9.53 Å². The van der Waals surface area contributed by atoms with Crippen molar-refractivity contribution in [2.24, 2.45) is 0 Å². The van der Waals surface area contributed by atoms with Crippen molar-refractivity contribution in [1.29, 1.82) is 5.26 Å². The van der Waals surface area contributed by atoms with E-state index in [-0.39, 0.29) is 12.5 Å². The van der Waals surface area contributed by atoms with E-state index >= 15 is 0 Å². The largest absolute Gasteiger partial charge is 0.482 e. The molecule has 4 nitrogen and oxygen atoms in total. The highest BCUT2D eigenvalue weighted by atomic mass is 16.5. The van der Waals surface area contributed by atoms with E-state index in [0.29, 0.717) is 17.9 Å². The second kappa shape index (κ2) is 10.7. The summed E-state index contributed by atoms with van der Waals surface area (Å²) in [4.78, 5) is 11.6. The summed E-state index contributed by atoms with van der Waals surface area (Å²) >= 11 is 0. The number of nitrogens with zero attached hydrogens (tertiary/aromatic N) is 1. The molecule has 0 aliphatic rings. The summed E-state index contributed by atoms with van der Waals surface area (Å²) in [6.07, 6.45) is 7.20. The van der Waals surface area contributed by atoms with Gasteiger partial charge in [-0.3, -0.25) is 4.79 Å². The Balaban J connectivity index is 2.13. The minimum Gasteiger partial charge on any atom is -0.482 e. The molecule has 4 heteroatoms. The number of rotatable bonds is 10. The van der Waals surface area contributed by atoms with Gasteiger partial charge >= 0.3 is 0 Å². The van der Waals surface area contributed by atoms with E-state index in [2.05, 4.69) is 12.2 Å². The molecule has 0 fully saturated rings. The average Bonchev–Trinajstić information content (AvgIpc) is 2.52. The minimum atomic E-state index is -0.142. The summed E-state index contributed by atoms with van der Waals surface area (Å²) in [6.45, 7) is 2.84. The first kappa shape index (κ1) is 17.0. The molecule has 0 saturated heterocycles. The van der Waals surface area contributed by atoms with E-state index in [1.165, 1.54) is 25.7 Å². The van der Waals surface area contributed by atoms with Gasteiger partial charge in [-0.05, 0) is 18.6 Å². The maximum Gasteiger partial charge on any atom is 0.257 e. The van der Waals surface area contributed by atoms with Gasteiger partial charge in [0.25, 0.3) is 5.91 Å². The van der Waals surface area contributed by atoms with E-state index in [4.69, 9.17) is 10.00 Å². The Hall–Kier alpha value is -2.02. The normalized spacial score (nSPS) is 9.90. The Morgan fingerprint density at radius 3 is 2.67 bits per heavy atom. The molecule has 0 radical (unpaired) electrons. The van der Waals surface area contributed by atoms with Crippen LogP contribution in [0.2, 0.25) is 0 Å². The molecule has 0 saturated carbocycles. The second-order valence-electron chi connectivity index (χ2n) is 5.01. The fourth-order valence-electron chi connectivity index (χ4n) is 2.01. The summed E-state index contributed by atoms with van der Waals surface area (Å²) < 4.78 is 5.37. The number of nitrogens with one attached hydrogen (secondary N) is 1. The number of hydrogen-bond donors (Lipinski definition) is 1. The van der Waals surface area contributed by atoms with Crippen molar-refractivity contribution in [1.82, 2.24) is 5.32 Å². The van der Waals surface area contributed by atoms with Gasteiger partial charge in [0.1, 0.15) is 11.8 Å². The number of benzene rings is 1. The highest BCUT2D eigenvalue weighted by Gasteiger charge is 2.05. The molecule has 0 aliphatic carbocycles.